The van der Waals surface area contributed by atoms with E-state index in [0.29, 0.717) is 5.69 Å². The van der Waals surface area contributed by atoms with Crippen molar-refractivity contribution >= 4 is 10.0 Å². The summed E-state index contributed by atoms with van der Waals surface area (Å²) in [6.07, 6.45) is 2.91. The average molecular weight is 281 g/mol. The summed E-state index contributed by atoms with van der Waals surface area (Å²) < 4.78 is 28.2. The van der Waals surface area contributed by atoms with Gasteiger partial charge in [-0.25, -0.2) is 13.1 Å². The number of hydrogen-bond donors (Lipinski definition) is 2. The number of pyridine rings is 1. The van der Waals surface area contributed by atoms with E-state index in [4.69, 9.17) is 5.73 Å². The second-order valence-corrected chi connectivity index (χ2v) is 5.73. The summed E-state index contributed by atoms with van der Waals surface area (Å²) in [5, 5.41) is 3.97. The van der Waals surface area contributed by atoms with Crippen molar-refractivity contribution in [2.24, 2.45) is 12.8 Å². The predicted octanol–water partition coefficient (Wildman–Crippen LogP) is -0.248. The maximum Gasteiger partial charge on any atom is 0.242 e. The molecule has 8 heteroatoms. The van der Waals surface area contributed by atoms with Gasteiger partial charge in [0, 0.05) is 26.0 Å². The normalized spacial score (nSPS) is 11.7. The number of nitrogens with two attached hydrogens (primary N) is 1. The molecule has 2 aromatic rings. The molecule has 0 aliphatic carbocycles. The van der Waals surface area contributed by atoms with Crippen molar-refractivity contribution in [1.82, 2.24) is 19.5 Å². The highest BCUT2D eigenvalue weighted by molar-refractivity contribution is 7.89. The molecule has 0 amide bonds. The number of nitrogens with one attached hydrogen (secondary N) is 1. The quantitative estimate of drug-likeness (QED) is 0.787. The first-order valence-electron chi connectivity index (χ1n) is 5.64. The molecule has 0 aromatic carbocycles. The zero-order valence-electron chi connectivity index (χ0n) is 10.4. The fourth-order valence-electron chi connectivity index (χ4n) is 1.52. The first-order chi connectivity index (χ1) is 9.03. The van der Waals surface area contributed by atoms with Crippen LogP contribution in [0, 0.1) is 0 Å². The Hall–Kier alpha value is -1.77. The van der Waals surface area contributed by atoms with Gasteiger partial charge >= 0.3 is 0 Å². The first kappa shape index (κ1) is 13.7. The van der Waals surface area contributed by atoms with Gasteiger partial charge in [-0.1, -0.05) is 0 Å². The molecule has 102 valence electrons. The third-order valence-electron chi connectivity index (χ3n) is 2.68. The van der Waals surface area contributed by atoms with Gasteiger partial charge in [-0.2, -0.15) is 5.10 Å². The van der Waals surface area contributed by atoms with Gasteiger partial charge in [0.2, 0.25) is 10.0 Å². The monoisotopic (exact) mass is 281 g/mol. The zero-order valence-corrected chi connectivity index (χ0v) is 11.3. The Kier molecular flexibility index (Phi) is 3.93. The molecule has 0 aliphatic heterocycles. The molecule has 0 saturated carbocycles. The summed E-state index contributed by atoms with van der Waals surface area (Å²) in [5.74, 6) is 0. The Morgan fingerprint density at radius 1 is 1.37 bits per heavy atom. The Labute approximate surface area is 111 Å². The van der Waals surface area contributed by atoms with Crippen LogP contribution in [0.25, 0.3) is 0 Å². The van der Waals surface area contributed by atoms with Crippen LogP contribution < -0.4 is 10.5 Å². The maximum absolute atomic E-state index is 12.0. The Bertz CT molecular complexity index is 648. The van der Waals surface area contributed by atoms with E-state index >= 15 is 0 Å². The molecule has 0 atom stereocenters. The molecule has 19 heavy (non-hydrogen) atoms. The van der Waals surface area contributed by atoms with Gasteiger partial charge < -0.3 is 5.73 Å². The van der Waals surface area contributed by atoms with E-state index in [9.17, 15) is 8.42 Å². The fraction of sp³-hybridized carbons (Fsp3) is 0.273. The van der Waals surface area contributed by atoms with E-state index in [0.717, 1.165) is 5.69 Å². The molecule has 0 bridgehead atoms. The highest BCUT2D eigenvalue weighted by atomic mass is 32.2. The van der Waals surface area contributed by atoms with Crippen LogP contribution in [-0.2, 0) is 30.2 Å². The highest BCUT2D eigenvalue weighted by Crippen LogP contribution is 2.08. The molecule has 0 fully saturated rings. The van der Waals surface area contributed by atoms with Crippen LogP contribution in [0.15, 0.2) is 35.5 Å². The number of aryl methyl sites for hydroxylation is 1. The van der Waals surface area contributed by atoms with Crippen molar-refractivity contribution in [2.45, 2.75) is 18.0 Å². The molecule has 3 N–H and O–H groups in total. The summed E-state index contributed by atoms with van der Waals surface area (Å²) >= 11 is 0. The van der Waals surface area contributed by atoms with Crippen molar-refractivity contribution in [3.63, 3.8) is 0 Å². The van der Waals surface area contributed by atoms with Gasteiger partial charge in [-0.05, 0) is 18.2 Å². The van der Waals surface area contributed by atoms with Crippen LogP contribution >= 0.6 is 0 Å². The lowest BCUT2D eigenvalue weighted by Crippen LogP contribution is -2.24. The summed E-state index contributed by atoms with van der Waals surface area (Å²) in [7, 11) is -1.82. The molecular formula is C11H15N5O2S. The molecule has 0 unspecified atom stereocenters. The number of sulfonamides is 1. The molecule has 2 aromatic heterocycles. The number of rotatable bonds is 5. The van der Waals surface area contributed by atoms with Crippen molar-refractivity contribution in [1.29, 1.82) is 0 Å². The van der Waals surface area contributed by atoms with Gasteiger partial charge in [-0.3, -0.25) is 9.67 Å². The molecular weight excluding hydrogens is 266 g/mol. The minimum Gasteiger partial charge on any atom is -0.325 e. The number of nitrogens with zero attached hydrogens (tertiary/aromatic N) is 3. The Balaban J connectivity index is 2.11. The smallest absolute Gasteiger partial charge is 0.242 e. The predicted molar refractivity (Wildman–Crippen MR) is 69.4 cm³/mol. The number of hydrogen-bond acceptors (Lipinski definition) is 5. The zero-order chi connectivity index (χ0) is 13.9. The van der Waals surface area contributed by atoms with Crippen LogP contribution in [0.3, 0.4) is 0 Å². The summed E-state index contributed by atoms with van der Waals surface area (Å²) in [6, 6.07) is 4.83. The summed E-state index contributed by atoms with van der Waals surface area (Å²) in [4.78, 5) is 4.08. The molecule has 0 radical (unpaired) electrons. The Morgan fingerprint density at radius 2 is 2.16 bits per heavy atom. The van der Waals surface area contributed by atoms with Crippen LogP contribution in [0.1, 0.15) is 11.4 Å². The van der Waals surface area contributed by atoms with E-state index < -0.39 is 10.0 Å². The lowest BCUT2D eigenvalue weighted by atomic mass is 10.4. The lowest BCUT2D eigenvalue weighted by Gasteiger charge is -2.07. The fourth-order valence-corrected chi connectivity index (χ4v) is 2.46. The highest BCUT2D eigenvalue weighted by Gasteiger charge is 2.14. The maximum atomic E-state index is 12.0. The Morgan fingerprint density at radius 3 is 2.68 bits per heavy atom. The van der Waals surface area contributed by atoms with Crippen LogP contribution in [0.2, 0.25) is 0 Å². The van der Waals surface area contributed by atoms with Crippen molar-refractivity contribution in [3.05, 3.63) is 42.0 Å². The van der Waals surface area contributed by atoms with E-state index in [-0.39, 0.29) is 18.0 Å². The molecule has 0 spiro atoms. The molecule has 2 rings (SSSR count). The topological polar surface area (TPSA) is 103 Å². The van der Waals surface area contributed by atoms with Crippen molar-refractivity contribution in [2.75, 3.05) is 0 Å². The minimum absolute atomic E-state index is 0.117. The standard InChI is InChI=1S/C11H15N5O2S/c1-16-10(4-5-14-16)7-15-19(17,18)11-3-2-9(6-12)13-8-11/h2-5,8,15H,6-7,12H2,1H3. The van der Waals surface area contributed by atoms with E-state index in [2.05, 4.69) is 14.8 Å². The SMILES string of the molecule is Cn1nccc1CNS(=O)(=O)c1ccc(CN)nc1. The molecule has 2 heterocycles. The lowest BCUT2D eigenvalue weighted by molar-refractivity contribution is 0.576. The van der Waals surface area contributed by atoms with Crippen LogP contribution in [0.5, 0.6) is 0 Å². The van der Waals surface area contributed by atoms with Gasteiger partial charge in [0.25, 0.3) is 0 Å². The largest absolute Gasteiger partial charge is 0.325 e. The van der Waals surface area contributed by atoms with Crippen molar-refractivity contribution in [3.8, 4) is 0 Å². The molecule has 0 saturated heterocycles. The van der Waals surface area contributed by atoms with E-state index in [1.807, 2.05) is 0 Å². The van der Waals surface area contributed by atoms with Gasteiger partial charge in [0.05, 0.1) is 17.9 Å². The van der Waals surface area contributed by atoms with Gasteiger partial charge in [-0.15, -0.1) is 0 Å². The van der Waals surface area contributed by atoms with Crippen LogP contribution in [-0.4, -0.2) is 23.2 Å². The van der Waals surface area contributed by atoms with Crippen molar-refractivity contribution < 1.29 is 8.42 Å². The van der Waals surface area contributed by atoms with E-state index in [1.165, 1.54) is 12.3 Å². The number of aromatic nitrogens is 3. The minimum atomic E-state index is -3.57. The third-order valence-corrected chi connectivity index (χ3v) is 4.07. The summed E-state index contributed by atoms with van der Waals surface area (Å²) in [6.45, 7) is 0.459. The summed E-state index contributed by atoms with van der Waals surface area (Å²) in [5.41, 5.74) is 6.83. The van der Waals surface area contributed by atoms with Gasteiger partial charge in [0.1, 0.15) is 4.90 Å². The first-order valence-corrected chi connectivity index (χ1v) is 7.13. The average Bonchev–Trinajstić information content (AvgIpc) is 2.82. The molecule has 7 nitrogen and oxygen atoms in total. The van der Waals surface area contributed by atoms with E-state index in [1.54, 1.807) is 30.1 Å². The molecule has 0 aliphatic rings. The second kappa shape index (κ2) is 5.47. The van der Waals surface area contributed by atoms with Crippen LogP contribution in [0.4, 0.5) is 0 Å². The second-order valence-electron chi connectivity index (χ2n) is 3.96. The van der Waals surface area contributed by atoms with Gasteiger partial charge in [0.15, 0.2) is 0 Å². The third kappa shape index (κ3) is 3.16.